The van der Waals surface area contributed by atoms with E-state index in [1.54, 1.807) is 0 Å². The molecule has 0 aliphatic rings. The predicted octanol–water partition coefficient (Wildman–Crippen LogP) is 10.1. The van der Waals surface area contributed by atoms with Crippen LogP contribution in [0.15, 0.2) is 97.1 Å². The van der Waals surface area contributed by atoms with Crippen molar-refractivity contribution in [1.29, 1.82) is 0 Å². The molecule has 4 rings (SSSR count). The Bertz CT molecular complexity index is 700. The molecule has 1 heteroatoms. The maximum absolute atomic E-state index is 2.20. The van der Waals surface area contributed by atoms with E-state index in [0.717, 1.165) is 0 Å². The monoisotopic (exact) mass is 608 g/mol. The molecule has 0 atom stereocenters. The molecular formula is C32H44Hf. The van der Waals surface area contributed by atoms with Gasteiger partial charge in [-0.05, 0) is 0 Å². The zero-order chi connectivity index (χ0) is 23.9. The van der Waals surface area contributed by atoms with Crippen LogP contribution in [0.2, 0.25) is 0 Å². The largest absolute Gasteiger partial charge is 4.00 e. The molecule has 0 saturated heterocycles. The van der Waals surface area contributed by atoms with E-state index < -0.39 is 0 Å². The molecule has 0 saturated carbocycles. The van der Waals surface area contributed by atoms with Gasteiger partial charge in [0.15, 0.2) is 0 Å². The van der Waals surface area contributed by atoms with Gasteiger partial charge in [0.25, 0.3) is 0 Å². The van der Waals surface area contributed by atoms with Crippen LogP contribution < -0.4 is 0 Å². The molecule has 0 N–H and O–H groups in total. The first-order valence-corrected chi connectivity index (χ1v) is 12.1. The zero-order valence-electron chi connectivity index (χ0n) is 22.0. The molecule has 0 heterocycles. The molecule has 0 aromatic heterocycles. The summed E-state index contributed by atoms with van der Waals surface area (Å²) < 4.78 is 0. The molecule has 4 aromatic rings. The first kappa shape index (κ1) is 31.3. The maximum Gasteiger partial charge on any atom is 4.00 e. The van der Waals surface area contributed by atoms with Crippen molar-refractivity contribution >= 4 is 0 Å². The van der Waals surface area contributed by atoms with Crippen molar-refractivity contribution in [3.63, 3.8) is 0 Å². The summed E-state index contributed by atoms with van der Waals surface area (Å²) in [5.74, 6) is 2.74. The van der Waals surface area contributed by atoms with Crippen LogP contribution in [0.3, 0.4) is 0 Å². The Hall–Kier alpha value is -1.73. The molecule has 33 heavy (non-hydrogen) atoms. The second-order valence-corrected chi connectivity index (χ2v) is 9.49. The molecule has 0 bridgehead atoms. The van der Waals surface area contributed by atoms with Gasteiger partial charge >= 0.3 is 25.8 Å². The fourth-order valence-corrected chi connectivity index (χ4v) is 3.10. The first-order chi connectivity index (χ1) is 15.2. The third kappa shape index (κ3) is 13.5. The zero-order valence-corrected chi connectivity index (χ0v) is 25.6. The third-order valence-corrected chi connectivity index (χ3v) is 5.42. The molecule has 0 radical (unpaired) electrons. The van der Waals surface area contributed by atoms with Crippen molar-refractivity contribution in [2.75, 3.05) is 0 Å². The summed E-state index contributed by atoms with van der Waals surface area (Å²) >= 11 is 0. The fraction of sp³-hybridized carbons (Fsp3) is 0.375. The van der Waals surface area contributed by atoms with Gasteiger partial charge in [0.1, 0.15) is 0 Å². The summed E-state index contributed by atoms with van der Waals surface area (Å²) in [6.07, 6.45) is 0. The molecular weight excluding hydrogens is 563 g/mol. The van der Waals surface area contributed by atoms with Crippen molar-refractivity contribution in [3.8, 4) is 0 Å². The molecule has 0 fully saturated rings. The average molecular weight is 607 g/mol. The van der Waals surface area contributed by atoms with Gasteiger partial charge in [-0.2, -0.15) is 70.8 Å². The van der Waals surface area contributed by atoms with E-state index in [-0.39, 0.29) is 25.8 Å². The molecule has 0 nitrogen and oxygen atoms in total. The number of rotatable bonds is 4. The Morgan fingerprint density at radius 1 is 0.303 bits per heavy atom. The van der Waals surface area contributed by atoms with E-state index >= 15 is 0 Å². The Kier molecular flexibility index (Phi) is 16.8. The van der Waals surface area contributed by atoms with E-state index in [1.165, 1.54) is 22.3 Å². The summed E-state index contributed by atoms with van der Waals surface area (Å²) in [4.78, 5) is 0. The SMILES string of the molecule is CC(C)[c-]1cccc1.CC(C)[c-]1cccc1.CC(C)[c-]1cccc1.CC(C)[c-]1cccc1.[Hf+4]. The van der Waals surface area contributed by atoms with Crippen LogP contribution in [0, 0.1) is 0 Å². The molecule has 176 valence electrons. The number of hydrogen-bond donors (Lipinski definition) is 0. The maximum atomic E-state index is 2.20. The molecule has 0 unspecified atom stereocenters. The standard InChI is InChI=1S/4C8H11.Hf/c4*1-7(2)8-5-3-4-6-8;/h4*3-7H,1-2H3;/q4*-1;+4. The van der Waals surface area contributed by atoms with Crippen LogP contribution in [-0.2, 0) is 25.8 Å². The smallest absolute Gasteiger partial charge is 0.213 e. The second kappa shape index (κ2) is 17.7. The van der Waals surface area contributed by atoms with Gasteiger partial charge in [-0.25, -0.2) is 48.5 Å². The van der Waals surface area contributed by atoms with Crippen molar-refractivity contribution in [2.24, 2.45) is 0 Å². The van der Waals surface area contributed by atoms with E-state index in [9.17, 15) is 0 Å². The van der Waals surface area contributed by atoms with Crippen molar-refractivity contribution in [3.05, 3.63) is 119 Å². The minimum Gasteiger partial charge on any atom is -0.213 e. The van der Waals surface area contributed by atoms with Gasteiger partial charge in [0.2, 0.25) is 0 Å². The van der Waals surface area contributed by atoms with Gasteiger partial charge < -0.3 is 0 Å². The minimum absolute atomic E-state index is 0. The van der Waals surface area contributed by atoms with Gasteiger partial charge in [0.05, 0.1) is 0 Å². The Labute approximate surface area is 223 Å². The van der Waals surface area contributed by atoms with Gasteiger partial charge in [-0.1, -0.05) is 79.1 Å². The summed E-state index contributed by atoms with van der Waals surface area (Å²) in [6.45, 7) is 17.6. The van der Waals surface area contributed by atoms with Crippen LogP contribution in [0.25, 0.3) is 0 Å². The summed E-state index contributed by atoms with van der Waals surface area (Å²) in [6, 6.07) is 33.9. The van der Waals surface area contributed by atoms with E-state index in [2.05, 4.69) is 152 Å². The van der Waals surface area contributed by atoms with Crippen molar-refractivity contribution in [1.82, 2.24) is 0 Å². The van der Waals surface area contributed by atoms with Gasteiger partial charge in [-0.15, -0.1) is 0 Å². The van der Waals surface area contributed by atoms with Crippen LogP contribution >= 0.6 is 0 Å². The normalized spacial score (nSPS) is 10.1. The molecule has 0 aliphatic carbocycles. The van der Waals surface area contributed by atoms with E-state index in [1.807, 2.05) is 0 Å². The third-order valence-electron chi connectivity index (χ3n) is 5.42. The quantitative estimate of drug-likeness (QED) is 0.160. The Balaban J connectivity index is 0.000000410. The fourth-order valence-electron chi connectivity index (χ4n) is 3.10. The Morgan fingerprint density at radius 3 is 0.485 bits per heavy atom. The van der Waals surface area contributed by atoms with Crippen LogP contribution in [0.1, 0.15) is 101 Å². The summed E-state index contributed by atoms with van der Waals surface area (Å²) in [5, 5.41) is 0. The van der Waals surface area contributed by atoms with Crippen LogP contribution in [-0.4, -0.2) is 0 Å². The molecule has 0 amide bonds. The molecule has 4 aromatic carbocycles. The van der Waals surface area contributed by atoms with Crippen LogP contribution in [0.5, 0.6) is 0 Å². The first-order valence-electron chi connectivity index (χ1n) is 12.1. The van der Waals surface area contributed by atoms with Crippen molar-refractivity contribution in [2.45, 2.75) is 79.1 Å². The number of hydrogen-bond acceptors (Lipinski definition) is 0. The molecule has 0 spiro atoms. The minimum atomic E-state index is 0. The Morgan fingerprint density at radius 2 is 0.424 bits per heavy atom. The topological polar surface area (TPSA) is 0 Å². The van der Waals surface area contributed by atoms with E-state index in [0.29, 0.717) is 23.7 Å². The summed E-state index contributed by atoms with van der Waals surface area (Å²) in [7, 11) is 0. The predicted molar refractivity (Wildman–Crippen MR) is 144 cm³/mol. The van der Waals surface area contributed by atoms with Gasteiger partial charge in [-0.3, -0.25) is 0 Å². The summed E-state index contributed by atoms with van der Waals surface area (Å²) in [5.41, 5.74) is 5.74. The molecule has 0 aliphatic heterocycles. The average Bonchev–Trinajstić information content (AvgIpc) is 3.56. The van der Waals surface area contributed by atoms with Gasteiger partial charge in [0, 0.05) is 0 Å². The van der Waals surface area contributed by atoms with Crippen molar-refractivity contribution < 1.29 is 25.8 Å². The second-order valence-electron chi connectivity index (χ2n) is 9.49. The van der Waals surface area contributed by atoms with Crippen LogP contribution in [0.4, 0.5) is 0 Å². The van der Waals surface area contributed by atoms with E-state index in [4.69, 9.17) is 0 Å².